The number of ether oxygens (including phenoxy) is 1. The lowest BCUT2D eigenvalue weighted by Crippen LogP contribution is -2.37. The Morgan fingerprint density at radius 2 is 2.10 bits per heavy atom. The van der Waals surface area contributed by atoms with Crippen molar-refractivity contribution >= 4 is 0 Å². The van der Waals surface area contributed by atoms with Gasteiger partial charge in [-0.3, -0.25) is 0 Å². The van der Waals surface area contributed by atoms with Crippen LogP contribution in [0.4, 0.5) is 13.2 Å². The molecule has 1 heterocycles. The molecule has 1 aromatic heterocycles. The van der Waals surface area contributed by atoms with Crippen molar-refractivity contribution in [2.75, 3.05) is 13.2 Å². The highest BCUT2D eigenvalue weighted by Crippen LogP contribution is 2.32. The van der Waals surface area contributed by atoms with Crippen molar-refractivity contribution in [1.82, 2.24) is 15.5 Å². The fourth-order valence-electron chi connectivity index (χ4n) is 2.67. The quantitative estimate of drug-likeness (QED) is 0.875. The van der Waals surface area contributed by atoms with Crippen LogP contribution in [0.1, 0.15) is 50.2 Å². The number of hydrogen-bond acceptors (Lipinski definition) is 5. The van der Waals surface area contributed by atoms with E-state index in [1.54, 1.807) is 0 Å². The third-order valence-electron chi connectivity index (χ3n) is 3.53. The highest BCUT2D eigenvalue weighted by molar-refractivity contribution is 5.01. The van der Waals surface area contributed by atoms with E-state index in [4.69, 9.17) is 4.52 Å². The Bertz CT molecular complexity index is 435. The van der Waals surface area contributed by atoms with E-state index in [1.165, 1.54) is 0 Å². The van der Waals surface area contributed by atoms with E-state index in [2.05, 4.69) is 20.2 Å². The lowest BCUT2D eigenvalue weighted by atomic mass is 9.84. The Morgan fingerprint density at radius 1 is 1.33 bits per heavy atom. The monoisotopic (exact) mass is 307 g/mol. The van der Waals surface area contributed by atoms with E-state index < -0.39 is 12.8 Å². The van der Waals surface area contributed by atoms with Crippen molar-refractivity contribution in [3.63, 3.8) is 0 Å². The summed E-state index contributed by atoms with van der Waals surface area (Å²) in [4.78, 5) is 4.18. The van der Waals surface area contributed by atoms with Crippen molar-refractivity contribution < 1.29 is 22.4 Å². The summed E-state index contributed by atoms with van der Waals surface area (Å²) in [5.41, 5.74) is 0. The molecule has 0 amide bonds. The Morgan fingerprint density at radius 3 is 2.81 bits per heavy atom. The van der Waals surface area contributed by atoms with E-state index in [1.807, 2.05) is 6.92 Å². The molecule has 1 aliphatic rings. The molecule has 0 aliphatic heterocycles. The molecule has 0 aromatic carbocycles. The summed E-state index contributed by atoms with van der Waals surface area (Å²) in [5.74, 6) is 0.781. The molecule has 1 aliphatic carbocycles. The summed E-state index contributed by atoms with van der Waals surface area (Å²) in [6, 6.07) is 0.285. The van der Waals surface area contributed by atoms with Crippen LogP contribution in [-0.2, 0) is 11.3 Å². The first-order valence-corrected chi connectivity index (χ1v) is 7.20. The van der Waals surface area contributed by atoms with Crippen molar-refractivity contribution in [1.29, 1.82) is 0 Å². The number of likely N-dealkylation sites (N-methyl/N-ethyl adjacent to an activating group) is 1. The van der Waals surface area contributed by atoms with Crippen molar-refractivity contribution in [3.8, 4) is 0 Å². The van der Waals surface area contributed by atoms with Gasteiger partial charge in [-0.05, 0) is 19.4 Å². The maximum atomic E-state index is 12.0. The summed E-state index contributed by atoms with van der Waals surface area (Å²) in [5, 5.41) is 7.10. The zero-order chi connectivity index (χ0) is 15.3. The van der Waals surface area contributed by atoms with Crippen LogP contribution < -0.4 is 5.32 Å². The van der Waals surface area contributed by atoms with Crippen LogP contribution >= 0.6 is 0 Å². The Labute approximate surface area is 121 Å². The first-order chi connectivity index (χ1) is 9.99. The number of aromatic nitrogens is 2. The highest BCUT2D eigenvalue weighted by Gasteiger charge is 2.31. The molecular weight excluding hydrogens is 287 g/mol. The largest absolute Gasteiger partial charge is 0.411 e. The second kappa shape index (κ2) is 7.22. The number of nitrogens with zero attached hydrogens (tertiary/aromatic N) is 2. The van der Waals surface area contributed by atoms with Crippen LogP contribution in [0, 0.1) is 0 Å². The third-order valence-corrected chi connectivity index (χ3v) is 3.53. The molecular formula is C13H20F3N3O2. The minimum Gasteiger partial charge on any atom is -0.364 e. The zero-order valence-electron chi connectivity index (χ0n) is 11.9. The number of rotatable bonds is 6. The van der Waals surface area contributed by atoms with E-state index in [9.17, 15) is 13.2 Å². The average molecular weight is 307 g/mol. The van der Waals surface area contributed by atoms with E-state index in [-0.39, 0.29) is 24.4 Å². The van der Waals surface area contributed by atoms with Crippen molar-refractivity contribution in [2.24, 2.45) is 0 Å². The molecule has 0 spiro atoms. The SMILES string of the molecule is CCNC1CCCCC1c1nc(COCC(F)(F)F)no1. The molecule has 5 nitrogen and oxygen atoms in total. The average Bonchev–Trinajstić information content (AvgIpc) is 2.87. The molecule has 0 radical (unpaired) electrons. The predicted octanol–water partition coefficient (Wildman–Crippen LogP) is 2.78. The first-order valence-electron chi connectivity index (χ1n) is 7.20. The third kappa shape index (κ3) is 4.96. The van der Waals surface area contributed by atoms with Gasteiger partial charge in [0.25, 0.3) is 0 Å². The van der Waals surface area contributed by atoms with Crippen LogP contribution in [0.25, 0.3) is 0 Å². The number of hydrogen-bond donors (Lipinski definition) is 1. The normalized spacial score (nSPS) is 23.4. The number of alkyl halides is 3. The van der Waals surface area contributed by atoms with Gasteiger partial charge in [0.15, 0.2) is 5.82 Å². The summed E-state index contributed by atoms with van der Waals surface area (Å²) < 4.78 is 45.7. The molecule has 0 saturated heterocycles. The number of halogens is 3. The Hall–Kier alpha value is -1.15. The fourth-order valence-corrected chi connectivity index (χ4v) is 2.67. The molecule has 120 valence electrons. The molecule has 1 N–H and O–H groups in total. The molecule has 1 aromatic rings. The van der Waals surface area contributed by atoms with Crippen LogP contribution in [0.3, 0.4) is 0 Å². The maximum Gasteiger partial charge on any atom is 0.411 e. The second-order valence-corrected chi connectivity index (χ2v) is 5.21. The summed E-state index contributed by atoms with van der Waals surface area (Å²) >= 11 is 0. The molecule has 21 heavy (non-hydrogen) atoms. The second-order valence-electron chi connectivity index (χ2n) is 5.21. The van der Waals surface area contributed by atoms with Crippen LogP contribution in [0.2, 0.25) is 0 Å². The van der Waals surface area contributed by atoms with Crippen LogP contribution in [0.5, 0.6) is 0 Å². The topological polar surface area (TPSA) is 60.2 Å². The molecule has 0 bridgehead atoms. The zero-order valence-corrected chi connectivity index (χ0v) is 11.9. The predicted molar refractivity (Wildman–Crippen MR) is 68.7 cm³/mol. The number of nitrogens with one attached hydrogen (secondary N) is 1. The minimum absolute atomic E-state index is 0.127. The van der Waals surface area contributed by atoms with Gasteiger partial charge < -0.3 is 14.6 Å². The fraction of sp³-hybridized carbons (Fsp3) is 0.846. The van der Waals surface area contributed by atoms with Gasteiger partial charge in [0.05, 0.1) is 5.92 Å². The van der Waals surface area contributed by atoms with E-state index in [0.29, 0.717) is 5.89 Å². The first kappa shape index (κ1) is 16.2. The van der Waals surface area contributed by atoms with Crippen molar-refractivity contribution in [2.45, 2.75) is 57.3 Å². The van der Waals surface area contributed by atoms with Gasteiger partial charge in [-0.2, -0.15) is 18.2 Å². The van der Waals surface area contributed by atoms with Crippen LogP contribution in [0.15, 0.2) is 4.52 Å². The van der Waals surface area contributed by atoms with Gasteiger partial charge in [-0.25, -0.2) is 0 Å². The summed E-state index contributed by atoms with van der Waals surface area (Å²) in [7, 11) is 0. The van der Waals surface area contributed by atoms with Gasteiger partial charge >= 0.3 is 6.18 Å². The Kier molecular flexibility index (Phi) is 5.58. The molecule has 8 heteroatoms. The molecule has 2 rings (SSSR count). The van der Waals surface area contributed by atoms with Gasteiger partial charge in [0.1, 0.15) is 13.2 Å². The lowest BCUT2D eigenvalue weighted by Gasteiger charge is -2.29. The standard InChI is InChI=1S/C13H20F3N3O2/c1-2-17-10-6-4-3-5-9(10)12-18-11(19-21-12)7-20-8-13(14,15)16/h9-10,17H,2-8H2,1H3. The van der Waals surface area contributed by atoms with Crippen molar-refractivity contribution in [3.05, 3.63) is 11.7 Å². The smallest absolute Gasteiger partial charge is 0.364 e. The van der Waals surface area contributed by atoms with Gasteiger partial charge in [-0.1, -0.05) is 24.9 Å². The molecule has 1 fully saturated rings. The molecule has 2 unspecified atom stereocenters. The molecule has 1 saturated carbocycles. The summed E-state index contributed by atoms with van der Waals surface area (Å²) in [6.07, 6.45) is -0.103. The molecule has 2 atom stereocenters. The van der Waals surface area contributed by atoms with Gasteiger partial charge in [0.2, 0.25) is 5.89 Å². The summed E-state index contributed by atoms with van der Waals surface area (Å²) in [6.45, 7) is 1.30. The highest BCUT2D eigenvalue weighted by atomic mass is 19.4. The minimum atomic E-state index is -4.34. The van der Waals surface area contributed by atoms with E-state index >= 15 is 0 Å². The van der Waals surface area contributed by atoms with E-state index in [0.717, 1.165) is 32.2 Å². The van der Waals surface area contributed by atoms with Gasteiger partial charge in [-0.15, -0.1) is 0 Å². The van der Waals surface area contributed by atoms with Crippen LogP contribution in [-0.4, -0.2) is 35.5 Å². The van der Waals surface area contributed by atoms with Gasteiger partial charge in [0, 0.05) is 6.04 Å². The Balaban J connectivity index is 1.91. The maximum absolute atomic E-state index is 12.0. The lowest BCUT2D eigenvalue weighted by molar-refractivity contribution is -0.177.